The lowest BCUT2D eigenvalue weighted by Crippen LogP contribution is -2.19. The van der Waals surface area contributed by atoms with Crippen LogP contribution in [0.5, 0.6) is 0 Å². The summed E-state index contributed by atoms with van der Waals surface area (Å²) in [5.41, 5.74) is 0.793. The van der Waals surface area contributed by atoms with Crippen molar-refractivity contribution in [3.05, 3.63) is 0 Å². The molecule has 0 saturated heterocycles. The molecule has 0 aromatic carbocycles. The third-order valence-corrected chi connectivity index (χ3v) is 1.60. The number of halogens is 1. The fraction of sp³-hybridized carbons (Fsp3) is 0.833. The van der Waals surface area contributed by atoms with Gasteiger partial charge in [-0.1, -0.05) is 36.7 Å². The van der Waals surface area contributed by atoms with E-state index in [-0.39, 0.29) is 5.41 Å². The van der Waals surface area contributed by atoms with E-state index in [9.17, 15) is 0 Å². The number of rotatable bonds is 1. The molecule has 0 atom stereocenters. The Morgan fingerprint density at radius 1 is 1.50 bits per heavy atom. The number of nitrogens with one attached hydrogen (secondary N) is 1. The molecule has 0 aliphatic heterocycles. The molecule has 0 bridgehead atoms. The molecule has 0 unspecified atom stereocenters. The van der Waals surface area contributed by atoms with Gasteiger partial charge in [0.05, 0.1) is 0 Å². The van der Waals surface area contributed by atoms with E-state index in [1.54, 1.807) is 0 Å². The lowest BCUT2D eigenvalue weighted by molar-refractivity contribution is 0.586. The minimum absolute atomic E-state index is 0.0451. The predicted octanol–water partition coefficient (Wildman–Crippen LogP) is 2.45. The first-order chi connectivity index (χ1) is 3.48. The van der Waals surface area contributed by atoms with E-state index in [2.05, 4.69) is 15.9 Å². The summed E-state index contributed by atoms with van der Waals surface area (Å²) < 4.78 is 0. The molecule has 0 fully saturated rings. The Balaban J connectivity index is 3.82. The minimum atomic E-state index is 0.0451. The molecular formula is C6H12BrN. The van der Waals surface area contributed by atoms with Crippen LogP contribution in [-0.4, -0.2) is 11.0 Å². The standard InChI is InChI=1S/C6H12BrN/c1-6(2,3)5(8)4-7/h8H,4H2,1-3H3. The Morgan fingerprint density at radius 3 is 1.88 bits per heavy atom. The fourth-order valence-corrected chi connectivity index (χ4v) is 1.04. The van der Waals surface area contributed by atoms with Crippen LogP contribution < -0.4 is 0 Å². The molecule has 0 saturated carbocycles. The number of hydrogen-bond acceptors (Lipinski definition) is 1. The van der Waals surface area contributed by atoms with Crippen LogP contribution in [0.3, 0.4) is 0 Å². The highest BCUT2D eigenvalue weighted by molar-refractivity contribution is 9.09. The highest BCUT2D eigenvalue weighted by Gasteiger charge is 2.14. The Morgan fingerprint density at radius 2 is 1.88 bits per heavy atom. The molecule has 0 radical (unpaired) electrons. The van der Waals surface area contributed by atoms with Crippen molar-refractivity contribution in [3.8, 4) is 0 Å². The van der Waals surface area contributed by atoms with Crippen LogP contribution in [0.1, 0.15) is 20.8 Å². The Kier molecular flexibility index (Phi) is 2.67. The van der Waals surface area contributed by atoms with Crippen molar-refractivity contribution >= 4 is 21.6 Å². The van der Waals surface area contributed by atoms with Gasteiger partial charge >= 0.3 is 0 Å². The highest BCUT2D eigenvalue weighted by atomic mass is 79.9. The third kappa shape index (κ3) is 2.46. The number of hydrogen-bond donors (Lipinski definition) is 1. The van der Waals surface area contributed by atoms with Crippen LogP contribution >= 0.6 is 15.9 Å². The van der Waals surface area contributed by atoms with Gasteiger partial charge in [0.25, 0.3) is 0 Å². The number of alkyl halides is 1. The van der Waals surface area contributed by atoms with Gasteiger partial charge in [-0.15, -0.1) is 0 Å². The van der Waals surface area contributed by atoms with E-state index in [1.165, 1.54) is 0 Å². The van der Waals surface area contributed by atoms with Crippen LogP contribution in [0, 0.1) is 10.8 Å². The molecule has 0 spiro atoms. The average Bonchev–Trinajstić information content (AvgIpc) is 1.62. The molecule has 2 heteroatoms. The topological polar surface area (TPSA) is 23.9 Å². The second kappa shape index (κ2) is 2.62. The lowest BCUT2D eigenvalue weighted by atomic mass is 9.91. The molecular weight excluding hydrogens is 166 g/mol. The molecule has 0 aromatic rings. The Hall–Kier alpha value is 0.150. The maximum Gasteiger partial charge on any atom is 0.0415 e. The van der Waals surface area contributed by atoms with Crippen LogP contribution in [0.15, 0.2) is 0 Å². The maximum absolute atomic E-state index is 7.34. The van der Waals surface area contributed by atoms with Crippen LogP contribution in [0.25, 0.3) is 0 Å². The van der Waals surface area contributed by atoms with Crippen molar-refractivity contribution in [2.75, 3.05) is 5.33 Å². The predicted molar refractivity (Wildman–Crippen MR) is 41.0 cm³/mol. The van der Waals surface area contributed by atoms with Gasteiger partial charge in [0.15, 0.2) is 0 Å². The van der Waals surface area contributed by atoms with E-state index in [0.29, 0.717) is 5.33 Å². The van der Waals surface area contributed by atoms with Gasteiger partial charge in [-0.25, -0.2) is 0 Å². The molecule has 0 amide bonds. The zero-order valence-electron chi connectivity index (χ0n) is 5.59. The summed E-state index contributed by atoms with van der Waals surface area (Å²) in [6, 6.07) is 0. The molecule has 48 valence electrons. The minimum Gasteiger partial charge on any atom is -0.308 e. The average molecular weight is 178 g/mol. The summed E-state index contributed by atoms with van der Waals surface area (Å²) in [6.07, 6.45) is 0. The second-order valence-electron chi connectivity index (χ2n) is 2.86. The highest BCUT2D eigenvalue weighted by Crippen LogP contribution is 2.15. The van der Waals surface area contributed by atoms with Gasteiger partial charge in [-0.05, 0) is 0 Å². The van der Waals surface area contributed by atoms with Crippen molar-refractivity contribution < 1.29 is 0 Å². The molecule has 1 nitrogen and oxygen atoms in total. The summed E-state index contributed by atoms with van der Waals surface area (Å²) in [4.78, 5) is 0. The van der Waals surface area contributed by atoms with Crippen molar-refractivity contribution in [3.63, 3.8) is 0 Å². The van der Waals surface area contributed by atoms with Crippen molar-refractivity contribution in [2.24, 2.45) is 5.41 Å². The summed E-state index contributed by atoms with van der Waals surface area (Å²) in [5, 5.41) is 8.03. The summed E-state index contributed by atoms with van der Waals surface area (Å²) in [7, 11) is 0. The van der Waals surface area contributed by atoms with E-state index >= 15 is 0 Å². The summed E-state index contributed by atoms with van der Waals surface area (Å²) in [5.74, 6) is 0. The first-order valence-corrected chi connectivity index (χ1v) is 3.74. The molecule has 0 aliphatic carbocycles. The van der Waals surface area contributed by atoms with E-state index in [0.717, 1.165) is 5.71 Å². The summed E-state index contributed by atoms with van der Waals surface area (Å²) in [6.45, 7) is 6.11. The van der Waals surface area contributed by atoms with Crippen LogP contribution in [0.2, 0.25) is 0 Å². The SMILES string of the molecule is CC(C)(C)C(=N)CBr. The normalized spacial score (nSPS) is 11.5. The zero-order chi connectivity index (χ0) is 6.78. The van der Waals surface area contributed by atoms with E-state index in [4.69, 9.17) is 5.41 Å². The quantitative estimate of drug-likeness (QED) is 0.471. The van der Waals surface area contributed by atoms with Crippen molar-refractivity contribution in [2.45, 2.75) is 20.8 Å². The monoisotopic (exact) mass is 177 g/mol. The fourth-order valence-electron chi connectivity index (χ4n) is 0.200. The van der Waals surface area contributed by atoms with Gasteiger partial charge in [0, 0.05) is 16.5 Å². The Bertz CT molecular complexity index is 91.2. The zero-order valence-corrected chi connectivity index (χ0v) is 7.17. The first-order valence-electron chi connectivity index (χ1n) is 2.62. The molecule has 0 rings (SSSR count). The molecule has 0 aromatic heterocycles. The van der Waals surface area contributed by atoms with E-state index in [1.807, 2.05) is 20.8 Å². The van der Waals surface area contributed by atoms with Gasteiger partial charge in [0.2, 0.25) is 0 Å². The van der Waals surface area contributed by atoms with Gasteiger partial charge in [-0.2, -0.15) is 0 Å². The van der Waals surface area contributed by atoms with E-state index < -0.39 is 0 Å². The molecule has 1 N–H and O–H groups in total. The van der Waals surface area contributed by atoms with Crippen molar-refractivity contribution in [1.82, 2.24) is 0 Å². The van der Waals surface area contributed by atoms with Crippen molar-refractivity contribution in [1.29, 1.82) is 5.41 Å². The maximum atomic E-state index is 7.34. The summed E-state index contributed by atoms with van der Waals surface area (Å²) >= 11 is 3.23. The van der Waals surface area contributed by atoms with Gasteiger partial charge in [-0.3, -0.25) is 0 Å². The lowest BCUT2D eigenvalue weighted by Gasteiger charge is -2.16. The van der Waals surface area contributed by atoms with Gasteiger partial charge in [0.1, 0.15) is 0 Å². The van der Waals surface area contributed by atoms with Crippen LogP contribution in [0.4, 0.5) is 0 Å². The largest absolute Gasteiger partial charge is 0.308 e. The Labute approximate surface area is 59.1 Å². The molecule has 0 aliphatic rings. The molecule has 0 heterocycles. The first kappa shape index (κ1) is 8.15. The van der Waals surface area contributed by atoms with Crippen LogP contribution in [-0.2, 0) is 0 Å². The third-order valence-electron chi connectivity index (χ3n) is 1.04. The van der Waals surface area contributed by atoms with Gasteiger partial charge < -0.3 is 5.41 Å². The molecule has 8 heavy (non-hydrogen) atoms. The smallest absolute Gasteiger partial charge is 0.0415 e. The second-order valence-corrected chi connectivity index (χ2v) is 3.42.